The third kappa shape index (κ3) is 3.85. The predicted octanol–water partition coefficient (Wildman–Crippen LogP) is 2.03. The lowest BCUT2D eigenvalue weighted by Crippen LogP contribution is -2.41. The molecule has 1 aromatic heterocycles. The molecule has 7 heteroatoms. The third-order valence-corrected chi connectivity index (χ3v) is 5.00. The van der Waals surface area contributed by atoms with Crippen molar-refractivity contribution < 1.29 is 4.74 Å². The lowest BCUT2D eigenvalue weighted by atomic mass is 10.0. The Morgan fingerprint density at radius 2 is 2.00 bits per heavy atom. The number of aromatic nitrogens is 2. The van der Waals surface area contributed by atoms with E-state index in [-0.39, 0.29) is 11.6 Å². The average Bonchev–Trinajstić information content (AvgIpc) is 2.63. The predicted molar refractivity (Wildman–Crippen MR) is 97.2 cm³/mol. The van der Waals surface area contributed by atoms with Crippen molar-refractivity contribution in [2.45, 2.75) is 6.04 Å². The summed E-state index contributed by atoms with van der Waals surface area (Å²) in [5, 5.41) is 7.45. The summed E-state index contributed by atoms with van der Waals surface area (Å²) in [7, 11) is 1.64. The van der Waals surface area contributed by atoms with Crippen molar-refractivity contribution in [3.05, 3.63) is 56.9 Å². The number of ether oxygens (including phenoxy) is 1. The van der Waals surface area contributed by atoms with Gasteiger partial charge in [-0.05, 0) is 21.5 Å². The fourth-order valence-corrected chi connectivity index (χ4v) is 3.36. The minimum atomic E-state index is -0.150. The van der Waals surface area contributed by atoms with Crippen molar-refractivity contribution >= 4 is 21.6 Å². The van der Waals surface area contributed by atoms with E-state index in [1.165, 1.54) is 10.2 Å². The van der Waals surface area contributed by atoms with Gasteiger partial charge < -0.3 is 10.1 Å². The Kier molecular flexibility index (Phi) is 5.65. The van der Waals surface area contributed by atoms with Crippen LogP contribution in [0.2, 0.25) is 0 Å². The lowest BCUT2D eigenvalue weighted by molar-refractivity contribution is 0.0187. The first-order valence-electron chi connectivity index (χ1n) is 7.99. The second-order valence-corrected chi connectivity index (χ2v) is 6.55. The van der Waals surface area contributed by atoms with Crippen LogP contribution in [0.3, 0.4) is 0 Å². The highest BCUT2D eigenvalue weighted by Gasteiger charge is 2.22. The molecule has 1 saturated heterocycles. The van der Waals surface area contributed by atoms with Crippen molar-refractivity contribution in [2.24, 2.45) is 7.05 Å². The Hall–Kier alpha value is -1.70. The number of anilines is 1. The molecule has 1 unspecified atom stereocenters. The van der Waals surface area contributed by atoms with Crippen molar-refractivity contribution in [1.82, 2.24) is 14.7 Å². The average molecular weight is 393 g/mol. The molecule has 2 heterocycles. The fourth-order valence-electron chi connectivity index (χ4n) is 2.86. The van der Waals surface area contributed by atoms with E-state index in [0.29, 0.717) is 16.7 Å². The van der Waals surface area contributed by atoms with E-state index in [9.17, 15) is 4.79 Å². The Morgan fingerprint density at radius 1 is 1.29 bits per heavy atom. The molecule has 1 aromatic carbocycles. The summed E-state index contributed by atoms with van der Waals surface area (Å²) in [4.78, 5) is 14.4. The topological polar surface area (TPSA) is 59.4 Å². The van der Waals surface area contributed by atoms with Crippen molar-refractivity contribution in [2.75, 3.05) is 38.2 Å². The number of morpholine rings is 1. The second kappa shape index (κ2) is 7.92. The summed E-state index contributed by atoms with van der Waals surface area (Å²) in [5.74, 6) is 0. The van der Waals surface area contributed by atoms with Gasteiger partial charge in [-0.3, -0.25) is 9.69 Å². The van der Waals surface area contributed by atoms with Gasteiger partial charge in [-0.2, -0.15) is 5.10 Å². The van der Waals surface area contributed by atoms with Gasteiger partial charge in [0, 0.05) is 26.7 Å². The van der Waals surface area contributed by atoms with Gasteiger partial charge in [0.1, 0.15) is 4.47 Å². The van der Waals surface area contributed by atoms with E-state index in [1.54, 1.807) is 13.2 Å². The maximum atomic E-state index is 12.0. The fraction of sp³-hybridized carbons (Fsp3) is 0.412. The Balaban J connectivity index is 1.79. The van der Waals surface area contributed by atoms with E-state index < -0.39 is 0 Å². The van der Waals surface area contributed by atoms with E-state index in [4.69, 9.17) is 4.74 Å². The highest BCUT2D eigenvalue weighted by Crippen LogP contribution is 2.24. The first-order valence-corrected chi connectivity index (χ1v) is 8.78. The molecule has 0 saturated carbocycles. The number of nitrogens with zero attached hydrogens (tertiary/aromatic N) is 3. The standard InChI is InChI=1S/C17H21BrN4O2/c1-21-17(23)16(18)14(11-20-21)19-12-15(13-5-3-2-4-6-13)22-7-9-24-10-8-22/h2-6,11,15,19H,7-10,12H2,1H3. The van der Waals surface area contributed by atoms with Gasteiger partial charge in [-0.1, -0.05) is 30.3 Å². The van der Waals surface area contributed by atoms with E-state index in [1.807, 2.05) is 6.07 Å². The number of aryl methyl sites for hydroxylation is 1. The normalized spacial score (nSPS) is 16.8. The van der Waals surface area contributed by atoms with Crippen LogP contribution in [-0.2, 0) is 11.8 Å². The van der Waals surface area contributed by atoms with Crippen LogP contribution >= 0.6 is 15.9 Å². The maximum Gasteiger partial charge on any atom is 0.282 e. The van der Waals surface area contributed by atoms with Gasteiger partial charge >= 0.3 is 0 Å². The smallest absolute Gasteiger partial charge is 0.282 e. The molecule has 6 nitrogen and oxygen atoms in total. The zero-order chi connectivity index (χ0) is 16.9. The summed E-state index contributed by atoms with van der Waals surface area (Å²) >= 11 is 3.36. The molecule has 1 fully saturated rings. The molecule has 1 atom stereocenters. The number of halogens is 1. The summed E-state index contributed by atoms with van der Waals surface area (Å²) in [6.07, 6.45) is 1.67. The summed E-state index contributed by atoms with van der Waals surface area (Å²) < 4.78 is 7.29. The van der Waals surface area contributed by atoms with Gasteiger partial charge in [0.05, 0.1) is 31.1 Å². The second-order valence-electron chi connectivity index (χ2n) is 5.76. The highest BCUT2D eigenvalue weighted by molar-refractivity contribution is 9.10. The Labute approximate surface area is 149 Å². The molecule has 1 aliphatic heterocycles. The zero-order valence-electron chi connectivity index (χ0n) is 13.6. The minimum absolute atomic E-state index is 0.150. The molecule has 0 aliphatic carbocycles. The molecule has 1 aliphatic rings. The SMILES string of the molecule is Cn1ncc(NCC(c2ccccc2)N2CCOCC2)c(Br)c1=O. The van der Waals surface area contributed by atoms with Crippen LogP contribution in [0.4, 0.5) is 5.69 Å². The molecular weight excluding hydrogens is 372 g/mol. The molecule has 3 rings (SSSR count). The van der Waals surface area contributed by atoms with E-state index in [0.717, 1.165) is 26.3 Å². The first-order chi connectivity index (χ1) is 11.7. The highest BCUT2D eigenvalue weighted by atomic mass is 79.9. The van der Waals surface area contributed by atoms with E-state index >= 15 is 0 Å². The number of nitrogens with one attached hydrogen (secondary N) is 1. The molecule has 1 N–H and O–H groups in total. The van der Waals surface area contributed by atoms with Crippen molar-refractivity contribution in [3.63, 3.8) is 0 Å². The molecule has 2 aromatic rings. The van der Waals surface area contributed by atoms with Gasteiger partial charge in [0.15, 0.2) is 0 Å². The molecule has 0 spiro atoms. The van der Waals surface area contributed by atoms with Crippen LogP contribution in [0.15, 0.2) is 45.8 Å². The van der Waals surface area contributed by atoms with Crippen molar-refractivity contribution in [3.8, 4) is 0 Å². The van der Waals surface area contributed by atoms with Gasteiger partial charge in [0.25, 0.3) is 5.56 Å². The zero-order valence-corrected chi connectivity index (χ0v) is 15.2. The van der Waals surface area contributed by atoms with Crippen LogP contribution in [0.1, 0.15) is 11.6 Å². The van der Waals surface area contributed by atoms with Crippen LogP contribution in [0.5, 0.6) is 0 Å². The van der Waals surface area contributed by atoms with Gasteiger partial charge in [-0.25, -0.2) is 4.68 Å². The van der Waals surface area contributed by atoms with Gasteiger partial charge in [0.2, 0.25) is 0 Å². The van der Waals surface area contributed by atoms with Crippen LogP contribution < -0.4 is 10.9 Å². The maximum absolute atomic E-state index is 12.0. The number of hydrogen-bond donors (Lipinski definition) is 1. The third-order valence-electron chi connectivity index (χ3n) is 4.23. The summed E-state index contributed by atoms with van der Waals surface area (Å²) in [6.45, 7) is 3.99. The van der Waals surface area contributed by atoms with Crippen LogP contribution in [-0.4, -0.2) is 47.5 Å². The van der Waals surface area contributed by atoms with Crippen LogP contribution in [0.25, 0.3) is 0 Å². The summed E-state index contributed by atoms with van der Waals surface area (Å²) in [6, 6.07) is 10.6. The number of hydrogen-bond acceptors (Lipinski definition) is 5. The summed E-state index contributed by atoms with van der Waals surface area (Å²) in [5.41, 5.74) is 1.81. The molecule has 0 radical (unpaired) electrons. The number of benzene rings is 1. The molecule has 24 heavy (non-hydrogen) atoms. The number of rotatable bonds is 5. The minimum Gasteiger partial charge on any atom is -0.381 e. The van der Waals surface area contributed by atoms with Gasteiger partial charge in [-0.15, -0.1) is 0 Å². The largest absolute Gasteiger partial charge is 0.381 e. The van der Waals surface area contributed by atoms with E-state index in [2.05, 4.69) is 55.5 Å². The Bertz CT molecular complexity index is 729. The molecule has 0 bridgehead atoms. The monoisotopic (exact) mass is 392 g/mol. The quantitative estimate of drug-likeness (QED) is 0.843. The molecule has 128 valence electrons. The molecular formula is C17H21BrN4O2. The lowest BCUT2D eigenvalue weighted by Gasteiger charge is -2.35. The Morgan fingerprint density at radius 3 is 2.71 bits per heavy atom. The van der Waals surface area contributed by atoms with Crippen molar-refractivity contribution in [1.29, 1.82) is 0 Å². The molecule has 0 amide bonds. The first kappa shape index (κ1) is 17.1. The van der Waals surface area contributed by atoms with Crippen LogP contribution in [0, 0.1) is 0 Å².